The molecule has 232 valence electrons. The topological polar surface area (TPSA) is 78.8 Å². The predicted molar refractivity (Wildman–Crippen MR) is 168 cm³/mol. The molecular weight excluding hydrogens is 522 g/mol. The van der Waals surface area contributed by atoms with Crippen molar-refractivity contribution < 1.29 is 19.7 Å². The van der Waals surface area contributed by atoms with Crippen molar-refractivity contribution in [2.45, 2.75) is 118 Å². The van der Waals surface area contributed by atoms with Crippen LogP contribution >= 0.6 is 0 Å². The molecule has 0 spiro atoms. The normalized spacial score (nSPS) is 47.5. The SMILES string of the molecule is CC1(C)C[C@@H]2C3=CC[C@@H]4[C@@]5(C)CC[C@H](O)[C@@](C)(CO)C5CC[C@@]4(C)[C@]3(C)CC[C@@]2(C)[C@H](OC(=O)Nc2ccccc2)C1. The number of ether oxygens (including phenoxy) is 1. The molecule has 42 heavy (non-hydrogen) atoms. The first-order valence-corrected chi connectivity index (χ1v) is 16.7. The third kappa shape index (κ3) is 4.19. The minimum Gasteiger partial charge on any atom is -0.445 e. The Morgan fingerprint density at radius 2 is 1.62 bits per heavy atom. The highest BCUT2D eigenvalue weighted by molar-refractivity contribution is 5.84. The van der Waals surface area contributed by atoms with Gasteiger partial charge in [0.1, 0.15) is 6.10 Å². The zero-order valence-electron chi connectivity index (χ0n) is 27.1. The lowest BCUT2D eigenvalue weighted by Crippen LogP contribution is -2.66. The number of hydrogen-bond donors (Lipinski definition) is 3. The molecule has 1 unspecified atom stereocenters. The Kier molecular flexibility index (Phi) is 7.06. The monoisotopic (exact) mass is 577 g/mol. The van der Waals surface area contributed by atoms with Gasteiger partial charge in [-0.15, -0.1) is 0 Å². The van der Waals surface area contributed by atoms with Crippen LogP contribution in [-0.4, -0.2) is 35.1 Å². The van der Waals surface area contributed by atoms with Crippen LogP contribution in [0.2, 0.25) is 0 Å². The number of aliphatic hydroxyl groups excluding tert-OH is 2. The number of para-hydroxylation sites is 1. The largest absolute Gasteiger partial charge is 0.445 e. The molecule has 5 heteroatoms. The van der Waals surface area contributed by atoms with E-state index in [2.05, 4.69) is 59.9 Å². The Labute approximate surface area is 253 Å². The Hall–Kier alpha value is -1.85. The number of nitrogens with one attached hydrogen (secondary N) is 1. The van der Waals surface area contributed by atoms with Gasteiger partial charge in [0.2, 0.25) is 0 Å². The van der Waals surface area contributed by atoms with Crippen molar-refractivity contribution in [3.05, 3.63) is 42.0 Å². The first-order valence-electron chi connectivity index (χ1n) is 16.7. The molecule has 0 bridgehead atoms. The van der Waals surface area contributed by atoms with Gasteiger partial charge >= 0.3 is 6.09 Å². The van der Waals surface area contributed by atoms with Crippen LogP contribution in [0.3, 0.4) is 0 Å². The van der Waals surface area contributed by atoms with Gasteiger partial charge < -0.3 is 14.9 Å². The van der Waals surface area contributed by atoms with Crippen molar-refractivity contribution in [3.8, 4) is 0 Å². The third-order valence-corrected chi connectivity index (χ3v) is 14.5. The molecule has 1 amide bonds. The number of fused-ring (bicyclic) bond motifs is 7. The summed E-state index contributed by atoms with van der Waals surface area (Å²) in [6, 6.07) is 9.60. The number of amides is 1. The molecular formula is C37H55NO4. The Morgan fingerprint density at radius 3 is 2.31 bits per heavy atom. The predicted octanol–water partition coefficient (Wildman–Crippen LogP) is 8.37. The second kappa shape index (κ2) is 9.83. The molecule has 4 fully saturated rings. The fourth-order valence-electron chi connectivity index (χ4n) is 11.6. The number of carbonyl (C=O) groups excluding carboxylic acids is 1. The number of benzene rings is 1. The second-order valence-electron chi connectivity index (χ2n) is 17.0. The van der Waals surface area contributed by atoms with Crippen LogP contribution < -0.4 is 5.32 Å². The standard InChI is InChI=1S/C37H55NO4/c1-32(2)21-26-25-13-14-28-34(4)17-16-29(40)35(5,23-39)27(34)15-18-37(28,7)36(25,6)20-19-33(26,3)30(22-32)42-31(41)38-24-11-9-8-10-12-24/h8-13,26-30,39-40H,14-23H2,1-7H3,(H,38,41)/t26-,27?,28-,29+,30-,33-,34+,35+,36-,37-/m1/s1. The maximum Gasteiger partial charge on any atom is 0.411 e. The van der Waals surface area contributed by atoms with Gasteiger partial charge in [-0.2, -0.15) is 0 Å². The van der Waals surface area contributed by atoms with Crippen LogP contribution in [-0.2, 0) is 4.74 Å². The Morgan fingerprint density at radius 1 is 0.905 bits per heavy atom. The summed E-state index contributed by atoms with van der Waals surface area (Å²) in [7, 11) is 0. The quantitative estimate of drug-likeness (QED) is 0.315. The maximum absolute atomic E-state index is 13.2. The highest BCUT2D eigenvalue weighted by Gasteiger charge is 2.69. The number of carbonyl (C=O) groups is 1. The van der Waals surface area contributed by atoms with E-state index in [4.69, 9.17) is 4.74 Å². The molecule has 1 aromatic carbocycles. The van der Waals surface area contributed by atoms with Gasteiger partial charge in [-0.3, -0.25) is 5.32 Å². The first kappa shape index (κ1) is 30.2. The van der Waals surface area contributed by atoms with Gasteiger partial charge in [-0.05, 0) is 109 Å². The van der Waals surface area contributed by atoms with Gasteiger partial charge in [0.05, 0.1) is 12.7 Å². The average molecular weight is 578 g/mol. The van der Waals surface area contributed by atoms with E-state index in [1.807, 2.05) is 30.3 Å². The number of allylic oxidation sites excluding steroid dienone is 2. The minimum absolute atomic E-state index is 0.0605. The molecule has 10 atom stereocenters. The molecule has 0 saturated heterocycles. The molecule has 4 saturated carbocycles. The summed E-state index contributed by atoms with van der Waals surface area (Å²) in [5, 5.41) is 24.6. The summed E-state index contributed by atoms with van der Waals surface area (Å²) in [6.07, 6.45) is 11.0. The fraction of sp³-hybridized carbons (Fsp3) is 0.757. The van der Waals surface area contributed by atoms with E-state index in [1.54, 1.807) is 5.57 Å². The third-order valence-electron chi connectivity index (χ3n) is 14.5. The molecule has 0 heterocycles. The van der Waals surface area contributed by atoms with Crippen LogP contribution in [0.4, 0.5) is 10.5 Å². The molecule has 3 N–H and O–H groups in total. The molecule has 0 radical (unpaired) electrons. The molecule has 5 aliphatic rings. The molecule has 5 aliphatic carbocycles. The second-order valence-corrected chi connectivity index (χ2v) is 17.0. The molecule has 5 nitrogen and oxygen atoms in total. The highest BCUT2D eigenvalue weighted by atomic mass is 16.6. The smallest absolute Gasteiger partial charge is 0.411 e. The van der Waals surface area contributed by atoms with Crippen molar-refractivity contribution in [1.29, 1.82) is 0 Å². The summed E-state index contributed by atoms with van der Waals surface area (Å²) in [5.41, 5.74) is 2.29. The maximum atomic E-state index is 13.2. The summed E-state index contributed by atoms with van der Waals surface area (Å²) in [4.78, 5) is 13.2. The lowest BCUT2D eigenvalue weighted by molar-refractivity contribution is -0.218. The average Bonchev–Trinajstić information content (AvgIpc) is 2.93. The lowest BCUT2D eigenvalue weighted by atomic mass is 9.33. The van der Waals surface area contributed by atoms with Gasteiger partial charge in [0.15, 0.2) is 0 Å². The van der Waals surface area contributed by atoms with Gasteiger partial charge in [0.25, 0.3) is 0 Å². The van der Waals surface area contributed by atoms with Crippen LogP contribution in [0.15, 0.2) is 42.0 Å². The number of hydrogen-bond acceptors (Lipinski definition) is 4. The van der Waals surface area contributed by atoms with Gasteiger partial charge in [0, 0.05) is 16.5 Å². The lowest BCUT2D eigenvalue weighted by Gasteiger charge is -2.71. The zero-order chi connectivity index (χ0) is 30.3. The number of rotatable bonds is 3. The van der Waals surface area contributed by atoms with Crippen molar-refractivity contribution in [1.82, 2.24) is 0 Å². The molecule has 0 aromatic heterocycles. The van der Waals surface area contributed by atoms with E-state index in [1.165, 1.54) is 0 Å². The van der Waals surface area contributed by atoms with Crippen molar-refractivity contribution >= 4 is 11.8 Å². The van der Waals surface area contributed by atoms with E-state index in [9.17, 15) is 15.0 Å². The molecule has 0 aliphatic heterocycles. The van der Waals surface area contributed by atoms with Crippen LogP contribution in [0, 0.1) is 50.2 Å². The summed E-state index contributed by atoms with van der Waals surface area (Å²) < 4.78 is 6.36. The molecule has 6 rings (SSSR count). The summed E-state index contributed by atoms with van der Waals surface area (Å²) >= 11 is 0. The number of aliphatic hydroxyl groups is 2. The van der Waals surface area contributed by atoms with Gasteiger partial charge in [-0.1, -0.05) is 78.3 Å². The summed E-state index contributed by atoms with van der Waals surface area (Å²) in [5.74, 6) is 1.24. The first-order chi connectivity index (χ1) is 19.6. The zero-order valence-corrected chi connectivity index (χ0v) is 27.1. The van der Waals surface area contributed by atoms with E-state index in [0.717, 1.165) is 63.5 Å². The number of anilines is 1. The van der Waals surface area contributed by atoms with Crippen LogP contribution in [0.1, 0.15) is 106 Å². The van der Waals surface area contributed by atoms with Crippen molar-refractivity contribution in [3.63, 3.8) is 0 Å². The van der Waals surface area contributed by atoms with E-state index < -0.39 is 11.5 Å². The van der Waals surface area contributed by atoms with E-state index in [0.29, 0.717) is 17.8 Å². The van der Waals surface area contributed by atoms with E-state index in [-0.39, 0.29) is 45.9 Å². The Balaban J connectivity index is 1.33. The summed E-state index contributed by atoms with van der Waals surface area (Å²) in [6.45, 7) is 17.0. The molecule has 1 aromatic rings. The van der Waals surface area contributed by atoms with Gasteiger partial charge in [-0.25, -0.2) is 4.79 Å². The van der Waals surface area contributed by atoms with Crippen LogP contribution in [0.25, 0.3) is 0 Å². The minimum atomic E-state index is -0.428. The van der Waals surface area contributed by atoms with E-state index >= 15 is 0 Å². The van der Waals surface area contributed by atoms with Crippen molar-refractivity contribution in [2.75, 3.05) is 11.9 Å². The highest BCUT2D eigenvalue weighted by Crippen LogP contribution is 2.75. The fourth-order valence-corrected chi connectivity index (χ4v) is 11.6. The van der Waals surface area contributed by atoms with Crippen LogP contribution in [0.5, 0.6) is 0 Å². The Bertz CT molecular complexity index is 1240. The van der Waals surface area contributed by atoms with Crippen molar-refractivity contribution in [2.24, 2.45) is 50.2 Å².